The van der Waals surface area contributed by atoms with Gasteiger partial charge in [-0.1, -0.05) is 30.3 Å². The molecule has 132 valence electrons. The lowest BCUT2D eigenvalue weighted by atomic mass is 10.0. The fourth-order valence-corrected chi connectivity index (χ4v) is 3.37. The Balaban J connectivity index is 1.81. The number of aryl methyl sites for hydroxylation is 1. The molecule has 5 heteroatoms. The highest BCUT2D eigenvalue weighted by Gasteiger charge is 2.13. The summed E-state index contributed by atoms with van der Waals surface area (Å²) in [4.78, 5) is 17.1. The van der Waals surface area contributed by atoms with E-state index in [1.807, 2.05) is 42.6 Å². The summed E-state index contributed by atoms with van der Waals surface area (Å²) in [6.45, 7) is 1.87. The zero-order chi connectivity index (χ0) is 18.5. The first-order chi connectivity index (χ1) is 12.6. The number of hydrogen-bond acceptors (Lipinski definition) is 5. The quantitative estimate of drug-likeness (QED) is 0.454. The van der Waals surface area contributed by atoms with Gasteiger partial charge in [0.25, 0.3) is 0 Å². The van der Waals surface area contributed by atoms with Crippen LogP contribution >= 0.6 is 11.3 Å². The average molecular weight is 365 g/mol. The van der Waals surface area contributed by atoms with Gasteiger partial charge in [0, 0.05) is 16.5 Å². The standard InChI is InChI=1S/C21H19NO3S/c1-14-11-19(24-2)20(25-3)12-17(14)18(23)10-9-16-13-26-21(22-16)15-7-5-4-6-8-15/h4-13H,1-3H3/b10-9+. The molecule has 0 unspecified atom stereocenters. The number of methoxy groups -OCH3 is 2. The molecule has 0 bridgehead atoms. The molecule has 0 atom stereocenters. The van der Waals surface area contributed by atoms with E-state index in [0.717, 1.165) is 21.8 Å². The number of allylic oxidation sites excluding steroid dienone is 1. The van der Waals surface area contributed by atoms with E-state index in [-0.39, 0.29) is 5.78 Å². The molecule has 3 rings (SSSR count). The van der Waals surface area contributed by atoms with Crippen molar-refractivity contribution in [3.63, 3.8) is 0 Å². The van der Waals surface area contributed by atoms with Crippen LogP contribution in [0.25, 0.3) is 16.6 Å². The predicted octanol–water partition coefficient (Wildman–Crippen LogP) is 5.03. The molecule has 4 nitrogen and oxygen atoms in total. The molecule has 0 spiro atoms. The summed E-state index contributed by atoms with van der Waals surface area (Å²) in [6.07, 6.45) is 3.28. The topological polar surface area (TPSA) is 48.4 Å². The second-order valence-electron chi connectivity index (χ2n) is 5.66. The van der Waals surface area contributed by atoms with Crippen LogP contribution in [0.1, 0.15) is 21.6 Å². The van der Waals surface area contributed by atoms with E-state index in [4.69, 9.17) is 9.47 Å². The highest BCUT2D eigenvalue weighted by Crippen LogP contribution is 2.30. The minimum Gasteiger partial charge on any atom is -0.493 e. The number of thiazole rings is 1. The van der Waals surface area contributed by atoms with Gasteiger partial charge in [-0.2, -0.15) is 0 Å². The van der Waals surface area contributed by atoms with Gasteiger partial charge in [-0.15, -0.1) is 11.3 Å². The van der Waals surface area contributed by atoms with E-state index in [2.05, 4.69) is 4.98 Å². The molecule has 0 radical (unpaired) electrons. The van der Waals surface area contributed by atoms with Crippen LogP contribution in [-0.4, -0.2) is 25.0 Å². The van der Waals surface area contributed by atoms with Crippen LogP contribution in [0.15, 0.2) is 53.9 Å². The van der Waals surface area contributed by atoms with Crippen molar-refractivity contribution in [2.45, 2.75) is 6.92 Å². The van der Waals surface area contributed by atoms with Gasteiger partial charge in [-0.25, -0.2) is 4.98 Å². The smallest absolute Gasteiger partial charge is 0.186 e. The van der Waals surface area contributed by atoms with E-state index < -0.39 is 0 Å². The number of carbonyl (C=O) groups is 1. The number of aromatic nitrogens is 1. The lowest BCUT2D eigenvalue weighted by Gasteiger charge is -2.11. The van der Waals surface area contributed by atoms with Gasteiger partial charge >= 0.3 is 0 Å². The highest BCUT2D eigenvalue weighted by molar-refractivity contribution is 7.13. The van der Waals surface area contributed by atoms with Gasteiger partial charge in [-0.05, 0) is 36.8 Å². The van der Waals surface area contributed by atoms with Crippen molar-refractivity contribution in [2.75, 3.05) is 14.2 Å². The van der Waals surface area contributed by atoms with Gasteiger partial charge < -0.3 is 9.47 Å². The van der Waals surface area contributed by atoms with Gasteiger partial charge in [-0.3, -0.25) is 4.79 Å². The third-order valence-corrected chi connectivity index (χ3v) is 4.85. The third-order valence-electron chi connectivity index (χ3n) is 3.94. The van der Waals surface area contributed by atoms with Crippen LogP contribution in [0.4, 0.5) is 0 Å². The molecule has 1 heterocycles. The van der Waals surface area contributed by atoms with Gasteiger partial charge in [0.2, 0.25) is 0 Å². The van der Waals surface area contributed by atoms with Gasteiger partial charge in [0.05, 0.1) is 19.9 Å². The summed E-state index contributed by atoms with van der Waals surface area (Å²) < 4.78 is 10.5. The molecule has 0 amide bonds. The lowest BCUT2D eigenvalue weighted by molar-refractivity contribution is 0.104. The average Bonchev–Trinajstić information content (AvgIpc) is 3.15. The Bertz CT molecular complexity index is 945. The second-order valence-corrected chi connectivity index (χ2v) is 6.52. The maximum atomic E-state index is 12.6. The minimum atomic E-state index is -0.0993. The Morgan fingerprint density at radius 2 is 1.77 bits per heavy atom. The number of carbonyl (C=O) groups excluding carboxylic acids is 1. The molecule has 26 heavy (non-hydrogen) atoms. The van der Waals surface area contributed by atoms with Gasteiger partial charge in [0.1, 0.15) is 5.01 Å². The first-order valence-corrected chi connectivity index (χ1v) is 8.96. The second kappa shape index (κ2) is 7.97. The Morgan fingerprint density at radius 1 is 1.08 bits per heavy atom. The number of ether oxygens (including phenoxy) is 2. The minimum absolute atomic E-state index is 0.0993. The zero-order valence-electron chi connectivity index (χ0n) is 14.9. The number of nitrogens with zero attached hydrogens (tertiary/aromatic N) is 1. The lowest BCUT2D eigenvalue weighted by Crippen LogP contribution is -2.01. The zero-order valence-corrected chi connectivity index (χ0v) is 15.7. The summed E-state index contributed by atoms with van der Waals surface area (Å²) in [5.41, 5.74) is 3.25. The maximum absolute atomic E-state index is 12.6. The van der Waals surface area contributed by atoms with E-state index in [1.165, 1.54) is 6.08 Å². The molecule has 0 aliphatic carbocycles. The van der Waals surface area contributed by atoms with Crippen molar-refractivity contribution in [1.29, 1.82) is 0 Å². The molecule has 0 saturated heterocycles. The summed E-state index contributed by atoms with van der Waals surface area (Å²) >= 11 is 1.55. The molecular formula is C21H19NO3S. The van der Waals surface area contributed by atoms with Crippen LogP contribution in [0.5, 0.6) is 11.5 Å². The predicted molar refractivity (Wildman–Crippen MR) is 105 cm³/mol. The van der Waals surface area contributed by atoms with Crippen molar-refractivity contribution in [1.82, 2.24) is 4.98 Å². The Hall–Kier alpha value is -2.92. The fourth-order valence-electron chi connectivity index (χ4n) is 2.57. The highest BCUT2D eigenvalue weighted by atomic mass is 32.1. The normalized spacial score (nSPS) is 10.9. The number of rotatable bonds is 6. The Labute approximate surface area is 156 Å². The molecule has 0 aliphatic heterocycles. The van der Waals surface area contributed by atoms with Crippen molar-refractivity contribution in [2.24, 2.45) is 0 Å². The van der Waals surface area contributed by atoms with Crippen LogP contribution < -0.4 is 9.47 Å². The molecule has 0 fully saturated rings. The van der Waals surface area contributed by atoms with Crippen molar-refractivity contribution in [3.8, 4) is 22.1 Å². The van der Waals surface area contributed by atoms with Crippen molar-refractivity contribution >= 4 is 23.2 Å². The maximum Gasteiger partial charge on any atom is 0.186 e. The van der Waals surface area contributed by atoms with Crippen LogP contribution in [0, 0.1) is 6.92 Å². The largest absolute Gasteiger partial charge is 0.493 e. The Morgan fingerprint density at radius 3 is 2.46 bits per heavy atom. The number of benzene rings is 2. The summed E-state index contributed by atoms with van der Waals surface area (Å²) in [6, 6.07) is 13.5. The van der Waals surface area contributed by atoms with Crippen LogP contribution in [0.2, 0.25) is 0 Å². The third kappa shape index (κ3) is 3.83. The van der Waals surface area contributed by atoms with E-state index >= 15 is 0 Å². The SMILES string of the molecule is COc1cc(C)c(C(=O)/C=C/c2csc(-c3ccccc3)n2)cc1OC. The molecular weight excluding hydrogens is 346 g/mol. The van der Waals surface area contributed by atoms with Crippen molar-refractivity contribution < 1.29 is 14.3 Å². The fraction of sp³-hybridized carbons (Fsp3) is 0.143. The molecule has 1 aromatic heterocycles. The van der Waals surface area contributed by atoms with Crippen molar-refractivity contribution in [3.05, 3.63) is 70.7 Å². The number of ketones is 1. The monoisotopic (exact) mass is 365 g/mol. The van der Waals surface area contributed by atoms with Gasteiger partial charge in [0.15, 0.2) is 17.3 Å². The summed E-state index contributed by atoms with van der Waals surface area (Å²) in [7, 11) is 3.13. The molecule has 0 N–H and O–H groups in total. The molecule has 2 aromatic carbocycles. The summed E-state index contributed by atoms with van der Waals surface area (Å²) in [5.74, 6) is 1.05. The molecule has 3 aromatic rings. The molecule has 0 aliphatic rings. The molecule has 0 saturated carbocycles. The number of hydrogen-bond donors (Lipinski definition) is 0. The first kappa shape index (κ1) is 17.9. The Kier molecular flexibility index (Phi) is 5.49. The van der Waals surface area contributed by atoms with E-state index in [0.29, 0.717) is 17.1 Å². The van der Waals surface area contributed by atoms with Crippen LogP contribution in [0.3, 0.4) is 0 Å². The summed E-state index contributed by atoms with van der Waals surface area (Å²) in [5, 5.41) is 2.87. The van der Waals surface area contributed by atoms with E-state index in [1.54, 1.807) is 43.8 Å². The van der Waals surface area contributed by atoms with E-state index in [9.17, 15) is 4.79 Å². The first-order valence-electron chi connectivity index (χ1n) is 8.08. The van der Waals surface area contributed by atoms with Crippen LogP contribution in [-0.2, 0) is 0 Å².